The third-order valence-electron chi connectivity index (χ3n) is 2.12. The normalized spacial score (nSPS) is 14.0. The summed E-state index contributed by atoms with van der Waals surface area (Å²) in [6.07, 6.45) is 2.19. The van der Waals surface area contributed by atoms with Gasteiger partial charge in [0, 0.05) is 10.1 Å². The van der Waals surface area contributed by atoms with Gasteiger partial charge < -0.3 is 0 Å². The van der Waals surface area contributed by atoms with Crippen molar-refractivity contribution in [3.8, 4) is 0 Å². The first kappa shape index (κ1) is 6.38. The summed E-state index contributed by atoms with van der Waals surface area (Å²) in [5.74, 6) is 0. The van der Waals surface area contributed by atoms with Crippen molar-refractivity contribution in [1.82, 2.24) is 0 Å². The van der Waals surface area contributed by atoms with E-state index in [0.717, 1.165) is 6.54 Å². The molecule has 0 radical (unpaired) electrons. The zero-order valence-corrected chi connectivity index (χ0v) is 7.27. The Morgan fingerprint density at radius 3 is 3.17 bits per heavy atom. The molecule has 2 aromatic rings. The first-order valence-electron chi connectivity index (χ1n) is 3.97. The summed E-state index contributed by atoms with van der Waals surface area (Å²) >= 11 is 1.84. The van der Waals surface area contributed by atoms with Crippen LogP contribution in [0.3, 0.4) is 0 Å². The minimum absolute atomic E-state index is 0.867. The van der Waals surface area contributed by atoms with Gasteiger partial charge in [-0.15, -0.1) is 11.3 Å². The van der Waals surface area contributed by atoms with Gasteiger partial charge in [0.1, 0.15) is 0 Å². The lowest BCUT2D eigenvalue weighted by atomic mass is 10.2. The van der Waals surface area contributed by atoms with Crippen molar-refractivity contribution < 1.29 is 0 Å². The zero-order valence-electron chi connectivity index (χ0n) is 6.45. The quantitative estimate of drug-likeness (QED) is 0.569. The number of hydrogen-bond donors (Lipinski definition) is 0. The zero-order chi connectivity index (χ0) is 7.97. The van der Waals surface area contributed by atoms with E-state index in [1.807, 2.05) is 11.3 Å². The lowest BCUT2D eigenvalue weighted by Crippen LogP contribution is -2.13. The highest BCUT2D eigenvalue weighted by molar-refractivity contribution is 7.17. The van der Waals surface area contributed by atoms with Crippen LogP contribution in [0.25, 0.3) is 16.2 Å². The number of nitrogens with zero attached hydrogens (tertiary/aromatic N) is 1. The summed E-state index contributed by atoms with van der Waals surface area (Å²) in [6, 6.07) is 8.45. The van der Waals surface area contributed by atoms with Crippen LogP contribution in [0.4, 0.5) is 0 Å². The Balaban J connectivity index is 2.71. The molecular formula is C10H7NS. The van der Waals surface area contributed by atoms with Gasteiger partial charge in [-0.2, -0.15) is 0 Å². The molecule has 0 bridgehead atoms. The van der Waals surface area contributed by atoms with Crippen molar-refractivity contribution in [2.45, 2.75) is 0 Å². The molecule has 58 valence electrons. The van der Waals surface area contributed by atoms with Crippen LogP contribution in [0.15, 0.2) is 29.3 Å². The lowest BCUT2D eigenvalue weighted by Gasteiger charge is -1.84. The SMILES string of the molecule is C1=c2sc3ccccc3c2=NC1. The van der Waals surface area contributed by atoms with Crippen LogP contribution in [0.2, 0.25) is 0 Å². The third-order valence-corrected chi connectivity index (χ3v) is 3.28. The molecule has 2 heteroatoms. The minimum atomic E-state index is 0.867. The van der Waals surface area contributed by atoms with E-state index in [1.165, 1.54) is 20.0 Å². The molecule has 0 aliphatic carbocycles. The average Bonchev–Trinajstić information content (AvgIpc) is 2.62. The molecule has 2 heterocycles. The summed E-state index contributed by atoms with van der Waals surface area (Å²) in [6.45, 7) is 0.867. The smallest absolute Gasteiger partial charge is 0.0834 e. The highest BCUT2D eigenvalue weighted by Crippen LogP contribution is 2.12. The number of benzene rings is 1. The molecule has 1 aliphatic rings. The van der Waals surface area contributed by atoms with E-state index < -0.39 is 0 Å². The molecule has 3 rings (SSSR count). The second-order valence-electron chi connectivity index (χ2n) is 2.86. The van der Waals surface area contributed by atoms with E-state index >= 15 is 0 Å². The second-order valence-corrected chi connectivity index (χ2v) is 3.94. The van der Waals surface area contributed by atoms with Crippen LogP contribution in [-0.4, -0.2) is 6.54 Å². The van der Waals surface area contributed by atoms with E-state index in [9.17, 15) is 0 Å². The van der Waals surface area contributed by atoms with E-state index in [-0.39, 0.29) is 0 Å². The van der Waals surface area contributed by atoms with Gasteiger partial charge in [0.25, 0.3) is 0 Å². The van der Waals surface area contributed by atoms with Gasteiger partial charge in [-0.1, -0.05) is 18.2 Å². The van der Waals surface area contributed by atoms with Crippen molar-refractivity contribution in [1.29, 1.82) is 0 Å². The Kier molecular flexibility index (Phi) is 1.15. The van der Waals surface area contributed by atoms with Crippen molar-refractivity contribution in [2.75, 3.05) is 6.54 Å². The van der Waals surface area contributed by atoms with E-state index in [0.29, 0.717) is 0 Å². The molecule has 0 spiro atoms. The molecule has 1 aromatic carbocycles. The molecule has 12 heavy (non-hydrogen) atoms. The van der Waals surface area contributed by atoms with Gasteiger partial charge in [0.15, 0.2) is 0 Å². The van der Waals surface area contributed by atoms with Gasteiger partial charge >= 0.3 is 0 Å². The molecule has 0 saturated heterocycles. The fourth-order valence-corrected chi connectivity index (χ4v) is 2.66. The predicted octanol–water partition coefficient (Wildman–Crippen LogP) is 1.31. The highest BCUT2D eigenvalue weighted by Gasteiger charge is 2.03. The van der Waals surface area contributed by atoms with E-state index in [2.05, 4.69) is 35.3 Å². The summed E-state index contributed by atoms with van der Waals surface area (Å²) in [5, 5.41) is 2.52. The topological polar surface area (TPSA) is 12.4 Å². The summed E-state index contributed by atoms with van der Waals surface area (Å²) in [4.78, 5) is 4.44. The molecule has 0 saturated carbocycles. The number of thiophene rings is 1. The van der Waals surface area contributed by atoms with Gasteiger partial charge in [-0.05, 0) is 12.1 Å². The van der Waals surface area contributed by atoms with E-state index in [1.54, 1.807) is 0 Å². The van der Waals surface area contributed by atoms with Crippen LogP contribution in [-0.2, 0) is 0 Å². The minimum Gasteiger partial charge on any atom is -0.279 e. The van der Waals surface area contributed by atoms with Gasteiger partial charge in [0.05, 0.1) is 16.4 Å². The predicted molar refractivity (Wildman–Crippen MR) is 51.9 cm³/mol. The van der Waals surface area contributed by atoms with Crippen LogP contribution < -0.4 is 9.89 Å². The molecule has 0 fully saturated rings. The van der Waals surface area contributed by atoms with Gasteiger partial charge in [-0.25, -0.2) is 0 Å². The Morgan fingerprint density at radius 1 is 1.25 bits per heavy atom. The Hall–Kier alpha value is -1.15. The summed E-state index contributed by atoms with van der Waals surface area (Å²) in [7, 11) is 0. The number of rotatable bonds is 0. The Bertz CT molecular complexity index is 551. The molecule has 0 amide bonds. The van der Waals surface area contributed by atoms with Crippen LogP contribution in [0.1, 0.15) is 0 Å². The molecule has 0 N–H and O–H groups in total. The summed E-state index contributed by atoms with van der Waals surface area (Å²) < 4.78 is 2.69. The number of fused-ring (bicyclic) bond motifs is 3. The maximum Gasteiger partial charge on any atom is 0.0834 e. The maximum absolute atomic E-state index is 4.44. The summed E-state index contributed by atoms with van der Waals surface area (Å²) in [5.41, 5.74) is 0. The van der Waals surface area contributed by atoms with Gasteiger partial charge in [0.2, 0.25) is 0 Å². The first-order valence-corrected chi connectivity index (χ1v) is 4.79. The highest BCUT2D eigenvalue weighted by atomic mass is 32.1. The van der Waals surface area contributed by atoms with Crippen molar-refractivity contribution in [2.24, 2.45) is 4.99 Å². The first-order chi connectivity index (χ1) is 5.95. The molecule has 1 aliphatic heterocycles. The standard InChI is InChI=1S/C10H7NS/c1-2-4-8-7(3-1)10-9(12-8)5-6-11-10/h1-5H,6H2. The number of hydrogen-bond acceptors (Lipinski definition) is 2. The van der Waals surface area contributed by atoms with Crippen LogP contribution in [0.5, 0.6) is 0 Å². The molecule has 1 nitrogen and oxygen atoms in total. The maximum atomic E-state index is 4.44. The Labute approximate surface area is 73.7 Å². The largest absolute Gasteiger partial charge is 0.279 e. The average molecular weight is 173 g/mol. The van der Waals surface area contributed by atoms with Crippen molar-refractivity contribution in [3.63, 3.8) is 0 Å². The molecular weight excluding hydrogens is 166 g/mol. The monoisotopic (exact) mass is 173 g/mol. The molecule has 0 unspecified atom stereocenters. The molecule has 1 aromatic heterocycles. The fraction of sp³-hybridized carbons (Fsp3) is 0.100. The van der Waals surface area contributed by atoms with Crippen LogP contribution in [0, 0.1) is 0 Å². The third kappa shape index (κ3) is 0.703. The van der Waals surface area contributed by atoms with Gasteiger partial charge in [-0.3, -0.25) is 4.99 Å². The lowest BCUT2D eigenvalue weighted by molar-refractivity contribution is 1.25. The van der Waals surface area contributed by atoms with Crippen LogP contribution >= 0.6 is 11.3 Å². The second kappa shape index (κ2) is 2.17. The van der Waals surface area contributed by atoms with Crippen molar-refractivity contribution in [3.05, 3.63) is 34.2 Å². The Morgan fingerprint density at radius 2 is 2.17 bits per heavy atom. The van der Waals surface area contributed by atoms with Crippen molar-refractivity contribution >= 4 is 27.5 Å². The molecule has 0 atom stereocenters. The van der Waals surface area contributed by atoms with E-state index in [4.69, 9.17) is 0 Å². The fourth-order valence-electron chi connectivity index (χ4n) is 1.57.